The molecule has 0 spiro atoms. The molecule has 158 valence electrons. The Labute approximate surface area is 175 Å². The largest absolute Gasteiger partial charge is 0.456 e. The third-order valence-corrected chi connectivity index (χ3v) is 6.50. The van der Waals surface area contributed by atoms with Crippen LogP contribution in [0.3, 0.4) is 0 Å². The van der Waals surface area contributed by atoms with E-state index in [-0.39, 0.29) is 18.1 Å². The first-order chi connectivity index (χ1) is 14.5. The van der Waals surface area contributed by atoms with Crippen LogP contribution in [0.2, 0.25) is 0 Å². The lowest BCUT2D eigenvalue weighted by Crippen LogP contribution is -2.40. The van der Waals surface area contributed by atoms with Gasteiger partial charge in [0.15, 0.2) is 6.29 Å². The van der Waals surface area contributed by atoms with E-state index in [9.17, 15) is 9.90 Å². The molecule has 5 atom stereocenters. The monoisotopic (exact) mass is 431 g/mol. The van der Waals surface area contributed by atoms with Crippen molar-refractivity contribution in [2.45, 2.75) is 42.0 Å². The van der Waals surface area contributed by atoms with E-state index >= 15 is 0 Å². The quantitative estimate of drug-likeness (QED) is 0.531. The van der Waals surface area contributed by atoms with Crippen molar-refractivity contribution in [1.29, 1.82) is 0 Å². The molecule has 2 aliphatic heterocycles. The van der Waals surface area contributed by atoms with E-state index in [2.05, 4.69) is 9.97 Å². The molecular weight excluding hydrogens is 410 g/mol. The molecule has 0 bridgehead atoms. The number of hydrogen-bond acceptors (Lipinski definition) is 9. The van der Waals surface area contributed by atoms with Gasteiger partial charge in [-0.2, -0.15) is 0 Å². The van der Waals surface area contributed by atoms with E-state index in [0.29, 0.717) is 11.1 Å². The van der Waals surface area contributed by atoms with Gasteiger partial charge < -0.3 is 29.5 Å². The molecule has 1 aromatic carbocycles. The fourth-order valence-corrected chi connectivity index (χ4v) is 4.93. The highest BCUT2D eigenvalue weighted by Gasteiger charge is 2.62. The molecule has 4 N–H and O–H groups in total. The number of aliphatic hydroxyl groups is 1. The summed E-state index contributed by atoms with van der Waals surface area (Å²) in [4.78, 5) is 19.8. The number of hydrogen-bond donors (Lipinski definition) is 3. The van der Waals surface area contributed by atoms with Gasteiger partial charge in [0.05, 0.1) is 12.9 Å². The molecule has 2 fully saturated rings. The number of nitrogens with one attached hydrogen (secondary N) is 1. The van der Waals surface area contributed by atoms with Gasteiger partial charge in [0.2, 0.25) is 11.5 Å². The summed E-state index contributed by atoms with van der Waals surface area (Å²) in [5.74, 6) is -0.0241. The topological polar surface area (TPSA) is 133 Å². The van der Waals surface area contributed by atoms with Crippen molar-refractivity contribution >= 4 is 28.8 Å². The molecule has 1 unspecified atom stereocenters. The van der Waals surface area contributed by atoms with Crippen molar-refractivity contribution in [3.63, 3.8) is 0 Å². The highest BCUT2D eigenvalue weighted by molar-refractivity contribution is 7.98. The molecule has 2 aromatic heterocycles. The normalized spacial score (nSPS) is 30.8. The zero-order chi connectivity index (χ0) is 21.0. The molecule has 0 amide bonds. The third kappa shape index (κ3) is 2.79. The number of nitrogens with two attached hydrogens (primary N) is 1. The van der Waals surface area contributed by atoms with E-state index < -0.39 is 35.8 Å². The van der Waals surface area contributed by atoms with Crippen LogP contribution < -0.4 is 11.3 Å². The van der Waals surface area contributed by atoms with E-state index in [1.54, 1.807) is 11.8 Å². The number of ether oxygens (including phenoxy) is 3. The van der Waals surface area contributed by atoms with Crippen LogP contribution in [0.4, 0.5) is 5.95 Å². The molecular formula is C20H21N3O6S. The van der Waals surface area contributed by atoms with Crippen molar-refractivity contribution < 1.29 is 23.7 Å². The van der Waals surface area contributed by atoms with Gasteiger partial charge in [-0.1, -0.05) is 18.2 Å². The maximum Gasteiger partial charge on any atom is 0.295 e. The van der Waals surface area contributed by atoms with Gasteiger partial charge in [0.25, 0.3) is 5.56 Å². The molecule has 0 aliphatic carbocycles. The van der Waals surface area contributed by atoms with Crippen LogP contribution in [-0.2, 0) is 14.2 Å². The Morgan fingerprint density at radius 2 is 2.10 bits per heavy atom. The van der Waals surface area contributed by atoms with Crippen molar-refractivity contribution in [2.75, 3.05) is 18.6 Å². The minimum Gasteiger partial charge on any atom is -0.456 e. The van der Waals surface area contributed by atoms with Crippen LogP contribution in [0.25, 0.3) is 11.1 Å². The fourth-order valence-electron chi connectivity index (χ4n) is 4.31. The van der Waals surface area contributed by atoms with E-state index in [1.807, 2.05) is 37.4 Å². The van der Waals surface area contributed by atoms with Gasteiger partial charge >= 0.3 is 0 Å². The predicted octanol–water partition coefficient (Wildman–Crippen LogP) is 2.13. The summed E-state index contributed by atoms with van der Waals surface area (Å²) in [5.41, 5.74) is 6.10. The highest BCUT2D eigenvalue weighted by atomic mass is 32.2. The van der Waals surface area contributed by atoms with Gasteiger partial charge in [0.1, 0.15) is 29.4 Å². The lowest BCUT2D eigenvalue weighted by molar-refractivity contribution is -0.158. The second kappa shape index (κ2) is 7.10. The summed E-state index contributed by atoms with van der Waals surface area (Å²) >= 11 is 1.60. The lowest BCUT2D eigenvalue weighted by Gasteiger charge is -2.27. The van der Waals surface area contributed by atoms with E-state index in [1.165, 1.54) is 6.26 Å². The van der Waals surface area contributed by atoms with Crippen LogP contribution >= 0.6 is 11.8 Å². The summed E-state index contributed by atoms with van der Waals surface area (Å²) in [7, 11) is 0. The summed E-state index contributed by atoms with van der Waals surface area (Å²) < 4.78 is 24.2. The number of furan rings is 1. The Kier molecular flexibility index (Phi) is 4.64. The number of aliphatic hydroxyl groups excluding tert-OH is 1. The third-order valence-electron chi connectivity index (χ3n) is 5.69. The number of aromatic amines is 1. The van der Waals surface area contributed by atoms with Gasteiger partial charge in [-0.25, -0.2) is 4.98 Å². The van der Waals surface area contributed by atoms with Crippen molar-refractivity contribution in [3.8, 4) is 0 Å². The molecule has 0 radical (unpaired) electrons. The molecule has 4 heterocycles. The van der Waals surface area contributed by atoms with Crippen molar-refractivity contribution in [1.82, 2.24) is 9.97 Å². The Morgan fingerprint density at radius 1 is 1.30 bits per heavy atom. The average molecular weight is 431 g/mol. The molecule has 2 aliphatic rings. The summed E-state index contributed by atoms with van der Waals surface area (Å²) in [5, 5.41) is 9.92. The first-order valence-electron chi connectivity index (χ1n) is 9.45. The maximum atomic E-state index is 12.2. The second-order valence-electron chi connectivity index (χ2n) is 7.49. The first-order valence-corrected chi connectivity index (χ1v) is 10.7. The number of nitrogens with zero attached hydrogens (tertiary/aromatic N) is 1. The molecule has 3 aromatic rings. The minimum absolute atomic E-state index is 0.0241. The zero-order valence-electron chi connectivity index (χ0n) is 16.3. The van der Waals surface area contributed by atoms with Crippen LogP contribution in [0.15, 0.2) is 44.6 Å². The smallest absolute Gasteiger partial charge is 0.295 e. The number of rotatable bonds is 4. The number of anilines is 1. The number of fused-ring (bicyclic) bond motifs is 2. The average Bonchev–Trinajstić information content (AvgIpc) is 3.37. The summed E-state index contributed by atoms with van der Waals surface area (Å²) in [6.07, 6.45) is 0.965. The lowest BCUT2D eigenvalue weighted by atomic mass is 9.89. The Balaban J connectivity index is 1.58. The van der Waals surface area contributed by atoms with Crippen LogP contribution in [0.1, 0.15) is 30.4 Å². The number of benzene rings is 1. The number of aromatic nitrogens is 2. The number of nitrogen functional groups attached to an aromatic ring is 1. The van der Waals surface area contributed by atoms with Gasteiger partial charge in [-0.05, 0) is 19.2 Å². The van der Waals surface area contributed by atoms with Gasteiger partial charge in [-0.3, -0.25) is 9.78 Å². The predicted molar refractivity (Wildman–Crippen MR) is 109 cm³/mol. The summed E-state index contributed by atoms with van der Waals surface area (Å²) in [6.45, 7) is 1.62. The minimum atomic E-state index is -0.945. The molecule has 9 nitrogen and oxygen atoms in total. The molecule has 2 saturated heterocycles. The Morgan fingerprint density at radius 3 is 2.87 bits per heavy atom. The fraction of sp³-hybridized carbons (Fsp3) is 0.400. The second-order valence-corrected chi connectivity index (χ2v) is 8.34. The van der Waals surface area contributed by atoms with Gasteiger partial charge in [0, 0.05) is 16.0 Å². The number of H-pyrrole nitrogens is 1. The molecule has 0 saturated carbocycles. The van der Waals surface area contributed by atoms with Crippen LogP contribution in [-0.4, -0.2) is 45.7 Å². The molecule has 30 heavy (non-hydrogen) atoms. The molecule has 10 heteroatoms. The van der Waals surface area contributed by atoms with E-state index in [4.69, 9.17) is 24.4 Å². The highest BCUT2D eigenvalue weighted by Crippen LogP contribution is 2.54. The zero-order valence-corrected chi connectivity index (χ0v) is 17.1. The molecule has 5 rings (SSSR count). The summed E-state index contributed by atoms with van der Waals surface area (Å²) in [6, 6.07) is 7.85. The van der Waals surface area contributed by atoms with Crippen molar-refractivity contribution in [3.05, 3.63) is 52.0 Å². The van der Waals surface area contributed by atoms with Crippen LogP contribution in [0, 0.1) is 0 Å². The first kappa shape index (κ1) is 19.6. The van der Waals surface area contributed by atoms with Crippen LogP contribution in [0.5, 0.6) is 0 Å². The van der Waals surface area contributed by atoms with Crippen molar-refractivity contribution in [2.24, 2.45) is 0 Å². The Hall–Kier alpha value is -2.37. The SMILES string of the molecule is CSc1ccccc1C1O[C@@H]2[C@@H](CO)O[C@@H](c3coc4c(=O)[nH]c(N)nc34)[C@]2(C)O1. The number of thioether (sulfide) groups is 1. The standard InChI is InChI=1S/C20H21N3O6S/c1-20-15(10-8-26-14-13(10)22-19(21)23-17(14)25)27-11(7-24)16(20)28-18(29-20)9-5-3-4-6-12(9)30-2/h3-6,8,11,15-16,18,24H,7H2,1-2H3,(H3,21,22,23,25)/t11-,15+,16-,18?,20+/m1/s1. The van der Waals surface area contributed by atoms with Gasteiger partial charge in [-0.15, -0.1) is 11.8 Å². The van der Waals surface area contributed by atoms with E-state index in [0.717, 1.165) is 10.5 Å². The maximum absolute atomic E-state index is 12.2. The Bertz CT molecular complexity index is 1160.